The maximum atomic E-state index is 13.2. The van der Waals surface area contributed by atoms with E-state index in [1.54, 1.807) is 6.07 Å². The molecule has 0 atom stereocenters. The molecule has 1 aromatic heterocycles. The van der Waals surface area contributed by atoms with E-state index in [1.165, 1.54) is 6.33 Å². The van der Waals surface area contributed by atoms with E-state index < -0.39 is 0 Å². The van der Waals surface area contributed by atoms with Crippen LogP contribution in [0, 0.1) is 0 Å². The summed E-state index contributed by atoms with van der Waals surface area (Å²) in [5, 5.41) is 0. The topological polar surface area (TPSA) is 49.3 Å². The zero-order valence-electron chi connectivity index (χ0n) is 16.6. The number of nitrogens with zero attached hydrogens (tertiary/aromatic N) is 4. The second-order valence-electron chi connectivity index (χ2n) is 6.85. The van der Waals surface area contributed by atoms with Crippen LogP contribution in [0.15, 0.2) is 73.1 Å². The molecular weight excluding hydrogens is 348 g/mol. The van der Waals surface area contributed by atoms with Gasteiger partial charge in [0.2, 0.25) is 0 Å². The van der Waals surface area contributed by atoms with Crippen LogP contribution in [0.1, 0.15) is 36.8 Å². The number of carbonyl (C=O) groups is 1. The SMILES string of the molecule is CCN(c1ccccc1)c1cc(C(=O)N(Cc2ccccc2)C(C)C)ncn1. The number of aromatic nitrogens is 2. The Hall–Kier alpha value is -3.21. The van der Waals surface area contributed by atoms with Crippen LogP contribution in [0.2, 0.25) is 0 Å². The third kappa shape index (κ3) is 4.55. The molecule has 1 heterocycles. The van der Waals surface area contributed by atoms with E-state index in [9.17, 15) is 4.79 Å². The molecule has 1 amide bonds. The van der Waals surface area contributed by atoms with Crippen LogP contribution in [-0.4, -0.2) is 33.4 Å². The molecule has 0 saturated heterocycles. The molecule has 0 spiro atoms. The molecule has 28 heavy (non-hydrogen) atoms. The number of hydrogen-bond acceptors (Lipinski definition) is 4. The summed E-state index contributed by atoms with van der Waals surface area (Å²) in [5.41, 5.74) is 2.54. The van der Waals surface area contributed by atoms with Gasteiger partial charge in [-0.3, -0.25) is 4.79 Å². The molecule has 0 fully saturated rings. The predicted octanol–water partition coefficient (Wildman–Crippen LogP) is 4.69. The average molecular weight is 374 g/mol. The zero-order valence-corrected chi connectivity index (χ0v) is 16.6. The molecule has 0 aliphatic heterocycles. The molecule has 144 valence electrons. The van der Waals surface area contributed by atoms with Crippen LogP contribution in [0.4, 0.5) is 11.5 Å². The number of anilines is 2. The lowest BCUT2D eigenvalue weighted by Gasteiger charge is -2.27. The van der Waals surface area contributed by atoms with Crippen molar-refractivity contribution in [1.82, 2.24) is 14.9 Å². The summed E-state index contributed by atoms with van der Waals surface area (Å²) in [5.74, 6) is 0.627. The van der Waals surface area contributed by atoms with Gasteiger partial charge in [-0.1, -0.05) is 48.5 Å². The number of rotatable bonds is 7. The highest BCUT2D eigenvalue weighted by atomic mass is 16.2. The minimum atomic E-state index is -0.0911. The molecule has 5 heteroatoms. The normalized spacial score (nSPS) is 10.7. The van der Waals surface area contributed by atoms with Crippen LogP contribution in [0.5, 0.6) is 0 Å². The Kier molecular flexibility index (Phi) is 6.37. The van der Waals surface area contributed by atoms with Gasteiger partial charge in [-0.15, -0.1) is 0 Å². The molecule has 0 radical (unpaired) electrons. The lowest BCUT2D eigenvalue weighted by Crippen LogP contribution is -2.37. The third-order valence-electron chi connectivity index (χ3n) is 4.61. The smallest absolute Gasteiger partial charge is 0.273 e. The maximum Gasteiger partial charge on any atom is 0.273 e. The van der Waals surface area contributed by atoms with Crippen molar-refractivity contribution in [3.8, 4) is 0 Å². The molecule has 0 unspecified atom stereocenters. The van der Waals surface area contributed by atoms with E-state index in [0.29, 0.717) is 12.2 Å². The van der Waals surface area contributed by atoms with Crippen LogP contribution in [-0.2, 0) is 6.54 Å². The van der Waals surface area contributed by atoms with Gasteiger partial charge in [0.25, 0.3) is 5.91 Å². The lowest BCUT2D eigenvalue weighted by molar-refractivity contribution is 0.0684. The van der Waals surface area contributed by atoms with Crippen molar-refractivity contribution in [3.63, 3.8) is 0 Å². The first-order valence-corrected chi connectivity index (χ1v) is 9.59. The molecule has 0 bridgehead atoms. The molecule has 3 rings (SSSR count). The van der Waals surface area contributed by atoms with Crippen molar-refractivity contribution < 1.29 is 4.79 Å². The monoisotopic (exact) mass is 374 g/mol. The van der Waals surface area contributed by atoms with Gasteiger partial charge < -0.3 is 9.80 Å². The fraction of sp³-hybridized carbons (Fsp3) is 0.261. The molecular formula is C23H26N4O. The van der Waals surface area contributed by atoms with Crippen LogP contribution < -0.4 is 4.90 Å². The largest absolute Gasteiger partial charge is 0.331 e. The summed E-state index contributed by atoms with van der Waals surface area (Å²) in [6.07, 6.45) is 1.47. The van der Waals surface area contributed by atoms with Crippen LogP contribution in [0.25, 0.3) is 0 Å². The van der Waals surface area contributed by atoms with Gasteiger partial charge in [-0.05, 0) is 38.5 Å². The summed E-state index contributed by atoms with van der Waals surface area (Å²) >= 11 is 0. The van der Waals surface area contributed by atoms with Gasteiger partial charge in [-0.2, -0.15) is 0 Å². The minimum absolute atomic E-state index is 0.0579. The first-order valence-electron chi connectivity index (χ1n) is 9.59. The quantitative estimate of drug-likeness (QED) is 0.602. The Balaban J connectivity index is 1.88. The Bertz CT molecular complexity index is 897. The summed E-state index contributed by atoms with van der Waals surface area (Å²) in [6.45, 7) is 7.39. The third-order valence-corrected chi connectivity index (χ3v) is 4.61. The van der Waals surface area contributed by atoms with E-state index in [2.05, 4.69) is 21.8 Å². The highest BCUT2D eigenvalue weighted by molar-refractivity contribution is 5.93. The molecule has 0 aliphatic rings. The van der Waals surface area contributed by atoms with Gasteiger partial charge in [-0.25, -0.2) is 9.97 Å². The zero-order chi connectivity index (χ0) is 19.9. The van der Waals surface area contributed by atoms with Crippen molar-refractivity contribution >= 4 is 17.4 Å². The van der Waals surface area contributed by atoms with Crippen molar-refractivity contribution in [2.45, 2.75) is 33.4 Å². The van der Waals surface area contributed by atoms with Crippen LogP contribution >= 0.6 is 0 Å². The van der Waals surface area contributed by atoms with E-state index in [4.69, 9.17) is 0 Å². The lowest BCUT2D eigenvalue weighted by atomic mass is 10.1. The van der Waals surface area contributed by atoms with E-state index in [-0.39, 0.29) is 11.9 Å². The van der Waals surface area contributed by atoms with Crippen molar-refractivity contribution in [1.29, 1.82) is 0 Å². The summed E-state index contributed by atoms with van der Waals surface area (Å²) in [4.78, 5) is 25.8. The van der Waals surface area contributed by atoms with E-state index in [1.807, 2.05) is 79.4 Å². The first-order chi connectivity index (χ1) is 13.6. The Morgan fingerprint density at radius 2 is 1.61 bits per heavy atom. The van der Waals surface area contributed by atoms with E-state index in [0.717, 1.165) is 23.6 Å². The molecule has 2 aromatic carbocycles. The standard InChI is InChI=1S/C23H26N4O/c1-4-26(20-13-9-6-10-14-20)22-15-21(24-17-25-22)23(28)27(18(2)3)16-19-11-7-5-8-12-19/h5-15,17-18H,4,16H2,1-3H3. The summed E-state index contributed by atoms with van der Waals surface area (Å²) < 4.78 is 0. The van der Waals surface area contributed by atoms with Gasteiger partial charge in [0.15, 0.2) is 0 Å². The van der Waals surface area contributed by atoms with Gasteiger partial charge in [0.05, 0.1) is 0 Å². The van der Waals surface area contributed by atoms with E-state index >= 15 is 0 Å². The van der Waals surface area contributed by atoms with Gasteiger partial charge in [0, 0.05) is 30.9 Å². The van der Waals surface area contributed by atoms with Gasteiger partial charge in [0.1, 0.15) is 17.8 Å². The number of amides is 1. The molecule has 3 aromatic rings. The summed E-state index contributed by atoms with van der Waals surface area (Å²) in [6, 6.07) is 21.9. The molecule has 5 nitrogen and oxygen atoms in total. The number of benzene rings is 2. The Morgan fingerprint density at radius 1 is 0.964 bits per heavy atom. The Morgan fingerprint density at radius 3 is 2.21 bits per heavy atom. The average Bonchev–Trinajstić information content (AvgIpc) is 2.74. The highest BCUT2D eigenvalue weighted by Gasteiger charge is 2.22. The van der Waals surface area contributed by atoms with Crippen molar-refractivity contribution in [3.05, 3.63) is 84.3 Å². The maximum absolute atomic E-state index is 13.2. The second kappa shape index (κ2) is 9.13. The number of hydrogen-bond donors (Lipinski definition) is 0. The van der Waals surface area contributed by atoms with Crippen molar-refractivity contribution in [2.24, 2.45) is 0 Å². The fourth-order valence-electron chi connectivity index (χ4n) is 3.11. The Labute approximate surface area is 166 Å². The number of para-hydroxylation sites is 1. The second-order valence-corrected chi connectivity index (χ2v) is 6.85. The number of carbonyl (C=O) groups excluding carboxylic acids is 1. The van der Waals surface area contributed by atoms with Crippen molar-refractivity contribution in [2.75, 3.05) is 11.4 Å². The first kappa shape index (κ1) is 19.5. The fourth-order valence-corrected chi connectivity index (χ4v) is 3.11. The van der Waals surface area contributed by atoms with Crippen LogP contribution in [0.3, 0.4) is 0 Å². The van der Waals surface area contributed by atoms with Gasteiger partial charge >= 0.3 is 0 Å². The highest BCUT2D eigenvalue weighted by Crippen LogP contribution is 2.23. The predicted molar refractivity (Wildman–Crippen MR) is 113 cm³/mol. The molecule has 0 aliphatic carbocycles. The minimum Gasteiger partial charge on any atom is -0.331 e. The molecule has 0 saturated carbocycles. The molecule has 0 N–H and O–H groups in total. The summed E-state index contributed by atoms with van der Waals surface area (Å²) in [7, 11) is 0.